The molecule has 2 amide bonds. The second-order valence-corrected chi connectivity index (χ2v) is 11.1. The van der Waals surface area contributed by atoms with Gasteiger partial charge in [0.15, 0.2) is 0 Å². The van der Waals surface area contributed by atoms with Crippen molar-refractivity contribution in [1.29, 1.82) is 0 Å². The zero-order valence-corrected chi connectivity index (χ0v) is 21.8. The average molecular weight is 520 g/mol. The molecule has 2 bridgehead atoms. The molecule has 8 heteroatoms. The van der Waals surface area contributed by atoms with Gasteiger partial charge in [0.25, 0.3) is 5.91 Å². The molecule has 6 rings (SSSR count). The predicted octanol–water partition coefficient (Wildman–Crippen LogP) is 2.70. The summed E-state index contributed by atoms with van der Waals surface area (Å²) in [7, 11) is 0. The Morgan fingerprint density at radius 1 is 0.947 bits per heavy atom. The summed E-state index contributed by atoms with van der Waals surface area (Å²) < 4.78 is 12.4. The second-order valence-electron chi connectivity index (χ2n) is 11.1. The molecular weight excluding hydrogens is 482 g/mol. The third-order valence-electron chi connectivity index (χ3n) is 8.32. The summed E-state index contributed by atoms with van der Waals surface area (Å²) in [5, 5.41) is 13.5. The molecule has 2 N–H and O–H groups in total. The molecule has 2 aromatic rings. The van der Waals surface area contributed by atoms with Crippen LogP contribution in [0.3, 0.4) is 0 Å². The molecule has 4 atom stereocenters. The van der Waals surface area contributed by atoms with Crippen LogP contribution in [0.2, 0.25) is 0 Å². The molecule has 3 fully saturated rings. The number of nitrogens with one attached hydrogen (secondary N) is 1. The topological polar surface area (TPSA) is 91.3 Å². The average Bonchev–Trinajstić information content (AvgIpc) is 3.76. The minimum absolute atomic E-state index is 0.0695. The van der Waals surface area contributed by atoms with Gasteiger partial charge in [0.2, 0.25) is 5.91 Å². The van der Waals surface area contributed by atoms with Crippen molar-refractivity contribution in [1.82, 2.24) is 15.1 Å². The van der Waals surface area contributed by atoms with Crippen LogP contribution in [0.4, 0.5) is 0 Å². The molecule has 3 heterocycles. The van der Waals surface area contributed by atoms with E-state index in [1.54, 1.807) is 4.90 Å². The molecule has 4 aliphatic rings. The van der Waals surface area contributed by atoms with Gasteiger partial charge in [0.05, 0.1) is 24.4 Å². The van der Waals surface area contributed by atoms with Crippen molar-refractivity contribution in [2.24, 2.45) is 5.92 Å². The van der Waals surface area contributed by atoms with Crippen molar-refractivity contribution in [2.75, 3.05) is 39.3 Å². The number of ether oxygens (including phenoxy) is 2. The Morgan fingerprint density at radius 3 is 2.61 bits per heavy atom. The highest BCUT2D eigenvalue weighted by atomic mass is 16.5. The number of benzene rings is 2. The van der Waals surface area contributed by atoms with E-state index in [0.29, 0.717) is 49.8 Å². The van der Waals surface area contributed by atoms with Crippen molar-refractivity contribution in [3.05, 3.63) is 54.1 Å². The van der Waals surface area contributed by atoms with Gasteiger partial charge in [-0.1, -0.05) is 36.4 Å². The summed E-state index contributed by atoms with van der Waals surface area (Å²) in [6.45, 7) is 3.33. The Hall–Kier alpha value is -2.94. The third-order valence-corrected chi connectivity index (χ3v) is 8.32. The molecular formula is C30H37N3O5. The van der Waals surface area contributed by atoms with E-state index < -0.39 is 18.2 Å². The molecule has 2 aromatic carbocycles. The summed E-state index contributed by atoms with van der Waals surface area (Å²) in [5.41, 5.74) is 2.50. The maximum atomic E-state index is 14.0. The first-order chi connectivity index (χ1) is 18.5. The number of piperazine rings is 1. The molecule has 0 unspecified atom stereocenters. The van der Waals surface area contributed by atoms with Gasteiger partial charge in [-0.25, -0.2) is 0 Å². The van der Waals surface area contributed by atoms with Crippen LogP contribution in [0.15, 0.2) is 48.5 Å². The molecule has 2 saturated heterocycles. The monoisotopic (exact) mass is 519 g/mol. The highest BCUT2D eigenvalue weighted by Crippen LogP contribution is 2.32. The fourth-order valence-corrected chi connectivity index (χ4v) is 5.89. The van der Waals surface area contributed by atoms with Gasteiger partial charge in [-0.2, -0.15) is 0 Å². The van der Waals surface area contributed by atoms with Gasteiger partial charge in [-0.3, -0.25) is 14.5 Å². The van der Waals surface area contributed by atoms with Gasteiger partial charge in [-0.05, 0) is 54.9 Å². The molecule has 0 radical (unpaired) electrons. The maximum Gasteiger partial charge on any atom is 0.258 e. The quantitative estimate of drug-likeness (QED) is 0.648. The predicted molar refractivity (Wildman–Crippen MR) is 143 cm³/mol. The standard InChI is InChI=1S/C30H37N3O5/c34-26-11-9-23-12-15-37-27-16-22(21-4-2-1-3-5-21)8-10-24(27)30(36)33-14-13-32(18-20-6-7-20)19-25(33)29(35)31-17-28(26)38-23/h1-5,8,10,16,20,23,25-26,28,34H,6-7,9,11-15,17-19H2,(H,31,35)/t23-,25-,26-,28+/m0/s1. The maximum absolute atomic E-state index is 14.0. The zero-order valence-electron chi connectivity index (χ0n) is 21.8. The molecule has 1 aliphatic carbocycles. The fraction of sp³-hybridized carbons (Fsp3) is 0.533. The van der Waals surface area contributed by atoms with Gasteiger partial charge >= 0.3 is 0 Å². The van der Waals surface area contributed by atoms with Crippen molar-refractivity contribution in [2.45, 2.75) is 56.5 Å². The van der Waals surface area contributed by atoms with E-state index in [1.807, 2.05) is 48.5 Å². The first-order valence-corrected chi connectivity index (χ1v) is 14.0. The van der Waals surface area contributed by atoms with E-state index in [-0.39, 0.29) is 24.5 Å². The molecule has 3 aliphatic heterocycles. The van der Waals surface area contributed by atoms with Crippen LogP contribution >= 0.6 is 0 Å². The molecule has 8 nitrogen and oxygen atoms in total. The molecule has 38 heavy (non-hydrogen) atoms. The minimum Gasteiger partial charge on any atom is -0.493 e. The Morgan fingerprint density at radius 2 is 1.79 bits per heavy atom. The lowest BCUT2D eigenvalue weighted by atomic mass is 9.98. The number of carbonyl (C=O) groups is 2. The van der Waals surface area contributed by atoms with Gasteiger partial charge < -0.3 is 24.8 Å². The lowest BCUT2D eigenvalue weighted by molar-refractivity contribution is -0.135. The van der Waals surface area contributed by atoms with Crippen LogP contribution in [-0.2, 0) is 9.53 Å². The van der Waals surface area contributed by atoms with Crippen molar-refractivity contribution in [3.8, 4) is 16.9 Å². The number of hydrogen-bond acceptors (Lipinski definition) is 6. The zero-order chi connectivity index (χ0) is 26.1. The van der Waals surface area contributed by atoms with Gasteiger partial charge in [0.1, 0.15) is 17.9 Å². The van der Waals surface area contributed by atoms with Crippen LogP contribution < -0.4 is 10.1 Å². The van der Waals surface area contributed by atoms with Crippen LogP contribution in [-0.4, -0.2) is 90.4 Å². The van der Waals surface area contributed by atoms with E-state index >= 15 is 0 Å². The van der Waals surface area contributed by atoms with Gasteiger partial charge in [-0.15, -0.1) is 0 Å². The number of carbonyl (C=O) groups excluding carboxylic acids is 2. The summed E-state index contributed by atoms with van der Waals surface area (Å²) in [6, 6.07) is 15.1. The van der Waals surface area contributed by atoms with E-state index in [4.69, 9.17) is 9.47 Å². The SMILES string of the molecule is O=C1NC[C@H]2O[C@H](CCOc3cc(-c4ccccc4)ccc3C(=O)N3CCN(CC4CC4)C[C@@H]13)CC[C@@H]2O. The van der Waals surface area contributed by atoms with Crippen molar-refractivity contribution in [3.63, 3.8) is 0 Å². The molecule has 0 spiro atoms. The Labute approximate surface area is 223 Å². The van der Waals surface area contributed by atoms with Crippen LogP contribution in [0, 0.1) is 5.92 Å². The lowest BCUT2D eigenvalue weighted by Crippen LogP contribution is -2.61. The van der Waals surface area contributed by atoms with E-state index in [1.165, 1.54) is 12.8 Å². The second kappa shape index (κ2) is 11.0. The fourth-order valence-electron chi connectivity index (χ4n) is 5.89. The van der Waals surface area contributed by atoms with Crippen LogP contribution in [0.1, 0.15) is 42.5 Å². The Bertz CT molecular complexity index is 1150. The first kappa shape index (κ1) is 25.3. The smallest absolute Gasteiger partial charge is 0.258 e. The first-order valence-electron chi connectivity index (χ1n) is 14.0. The van der Waals surface area contributed by atoms with E-state index in [0.717, 1.165) is 30.6 Å². The normalized spacial score (nSPS) is 28.9. The van der Waals surface area contributed by atoms with Crippen molar-refractivity contribution < 1.29 is 24.2 Å². The number of hydrogen-bond donors (Lipinski definition) is 2. The number of rotatable bonds is 3. The van der Waals surface area contributed by atoms with Crippen LogP contribution in [0.25, 0.3) is 11.1 Å². The summed E-state index contributed by atoms with van der Waals surface area (Å²) >= 11 is 0. The number of amides is 2. The highest BCUT2D eigenvalue weighted by molar-refractivity contribution is 6.00. The summed E-state index contributed by atoms with van der Waals surface area (Å²) in [5.74, 6) is 0.851. The lowest BCUT2D eigenvalue weighted by Gasteiger charge is -2.41. The summed E-state index contributed by atoms with van der Waals surface area (Å²) in [4.78, 5) is 31.6. The van der Waals surface area contributed by atoms with E-state index in [2.05, 4.69) is 10.2 Å². The highest BCUT2D eigenvalue weighted by Gasteiger charge is 2.39. The largest absolute Gasteiger partial charge is 0.493 e. The van der Waals surface area contributed by atoms with Crippen molar-refractivity contribution >= 4 is 11.8 Å². The Balaban J connectivity index is 1.33. The number of nitrogens with zero attached hydrogens (tertiary/aromatic N) is 2. The number of fused-ring (bicyclic) bond motifs is 4. The molecule has 202 valence electrons. The number of aliphatic hydroxyl groups excluding tert-OH is 1. The number of aliphatic hydroxyl groups is 1. The molecule has 1 saturated carbocycles. The van der Waals surface area contributed by atoms with Crippen LogP contribution in [0.5, 0.6) is 5.75 Å². The minimum atomic E-state index is -0.620. The third kappa shape index (κ3) is 5.58. The van der Waals surface area contributed by atoms with E-state index in [9.17, 15) is 14.7 Å². The summed E-state index contributed by atoms with van der Waals surface area (Å²) in [6.07, 6.45) is 3.33. The van der Waals surface area contributed by atoms with Gasteiger partial charge in [0, 0.05) is 39.1 Å². The Kier molecular flexibility index (Phi) is 7.37. The molecule has 0 aromatic heterocycles.